The van der Waals surface area contributed by atoms with E-state index < -0.39 is 21.2 Å². The highest BCUT2D eigenvalue weighted by molar-refractivity contribution is 8.01. The van der Waals surface area contributed by atoms with Gasteiger partial charge in [-0.3, -0.25) is 0 Å². The van der Waals surface area contributed by atoms with Gasteiger partial charge in [-0.25, -0.2) is 12.8 Å². The number of tetrazole rings is 1. The Balaban J connectivity index is 1.74. The number of rotatable bonds is 4. The van der Waals surface area contributed by atoms with Crippen LogP contribution >= 0.6 is 35.0 Å². The van der Waals surface area contributed by atoms with Crippen LogP contribution in [0.5, 0.6) is 0 Å². The summed E-state index contributed by atoms with van der Waals surface area (Å²) in [6.45, 7) is 0.297. The van der Waals surface area contributed by atoms with Gasteiger partial charge in [0.05, 0.1) is 15.8 Å². The van der Waals surface area contributed by atoms with Crippen molar-refractivity contribution in [2.24, 2.45) is 0 Å². The maximum Gasteiger partial charge on any atom is 0.244 e. The zero-order valence-electron chi connectivity index (χ0n) is 14.0. The van der Waals surface area contributed by atoms with Gasteiger partial charge in [-0.2, -0.15) is 9.52 Å². The minimum Gasteiger partial charge on any atom is -0.207 e. The number of nitrogens with one attached hydrogen (secondary N) is 1. The fourth-order valence-electron chi connectivity index (χ4n) is 2.90. The Morgan fingerprint density at radius 2 is 2.04 bits per heavy atom. The average Bonchev–Trinajstić information content (AvgIpc) is 3.34. The minimum absolute atomic E-state index is 0.0253. The summed E-state index contributed by atoms with van der Waals surface area (Å²) in [5.41, 5.74) is 0.598. The Hall–Kier alpha value is -1.72. The number of aromatic amines is 1. The van der Waals surface area contributed by atoms with Crippen LogP contribution in [0.3, 0.4) is 0 Å². The predicted molar refractivity (Wildman–Crippen MR) is 105 cm³/mol. The fourth-order valence-corrected chi connectivity index (χ4v) is 6.77. The van der Waals surface area contributed by atoms with Crippen molar-refractivity contribution in [1.82, 2.24) is 24.9 Å². The van der Waals surface area contributed by atoms with E-state index in [1.54, 1.807) is 18.2 Å². The summed E-state index contributed by atoms with van der Waals surface area (Å²) in [5.74, 6) is -0.0713. The average molecular weight is 460 g/mol. The van der Waals surface area contributed by atoms with Crippen molar-refractivity contribution in [2.75, 3.05) is 12.3 Å². The SMILES string of the molecule is O=S(=O)(c1ccc(F)c(-c2nn[nH]n2)c1)N1CCSC1c1ccc(Cl)cc1Cl. The van der Waals surface area contributed by atoms with E-state index >= 15 is 0 Å². The first-order valence-electron chi connectivity index (χ1n) is 7.99. The zero-order valence-corrected chi connectivity index (χ0v) is 17.2. The van der Waals surface area contributed by atoms with Gasteiger partial charge in [-0.05, 0) is 41.1 Å². The number of aromatic nitrogens is 4. The van der Waals surface area contributed by atoms with E-state index in [4.69, 9.17) is 23.2 Å². The van der Waals surface area contributed by atoms with Gasteiger partial charge in [0.25, 0.3) is 0 Å². The molecular weight excluding hydrogens is 448 g/mol. The summed E-state index contributed by atoms with van der Waals surface area (Å²) in [6, 6.07) is 8.46. The lowest BCUT2D eigenvalue weighted by molar-refractivity contribution is 0.434. The molecule has 28 heavy (non-hydrogen) atoms. The van der Waals surface area contributed by atoms with Crippen molar-refractivity contribution in [2.45, 2.75) is 10.3 Å². The van der Waals surface area contributed by atoms with Gasteiger partial charge in [0.2, 0.25) is 15.8 Å². The molecule has 2 heterocycles. The molecule has 1 saturated heterocycles. The quantitative estimate of drug-likeness (QED) is 0.638. The van der Waals surface area contributed by atoms with Crippen molar-refractivity contribution in [3.05, 3.63) is 57.8 Å². The third kappa shape index (κ3) is 3.50. The molecule has 1 aliphatic heterocycles. The van der Waals surface area contributed by atoms with Crippen molar-refractivity contribution in [3.8, 4) is 11.4 Å². The molecule has 0 aliphatic carbocycles. The number of halogens is 3. The molecule has 7 nitrogen and oxygen atoms in total. The van der Waals surface area contributed by atoms with E-state index in [0.717, 1.165) is 6.07 Å². The van der Waals surface area contributed by atoms with Gasteiger partial charge >= 0.3 is 0 Å². The van der Waals surface area contributed by atoms with Crippen LogP contribution in [0, 0.1) is 5.82 Å². The molecule has 1 fully saturated rings. The van der Waals surface area contributed by atoms with Crippen LogP contribution in [0.15, 0.2) is 41.3 Å². The maximum absolute atomic E-state index is 14.2. The number of hydrogen-bond donors (Lipinski definition) is 1. The van der Waals surface area contributed by atoms with Gasteiger partial charge in [-0.15, -0.1) is 22.0 Å². The maximum atomic E-state index is 14.2. The first kappa shape index (κ1) is 19.6. The molecule has 1 N–H and O–H groups in total. The molecule has 0 saturated carbocycles. The van der Waals surface area contributed by atoms with Crippen LogP contribution in [0.2, 0.25) is 10.0 Å². The number of hydrogen-bond acceptors (Lipinski definition) is 6. The number of H-pyrrole nitrogens is 1. The molecule has 0 bridgehead atoms. The number of nitrogens with zero attached hydrogens (tertiary/aromatic N) is 4. The van der Waals surface area contributed by atoms with Crippen LogP contribution < -0.4 is 0 Å². The Morgan fingerprint density at radius 3 is 2.75 bits per heavy atom. The summed E-state index contributed by atoms with van der Waals surface area (Å²) in [6.07, 6.45) is 0. The summed E-state index contributed by atoms with van der Waals surface area (Å²) >= 11 is 13.7. The van der Waals surface area contributed by atoms with Crippen LogP contribution in [-0.2, 0) is 10.0 Å². The van der Waals surface area contributed by atoms with Crippen molar-refractivity contribution >= 4 is 45.0 Å². The predicted octanol–water partition coefficient (Wildman–Crippen LogP) is 3.75. The molecule has 1 unspecified atom stereocenters. The molecule has 1 atom stereocenters. The standard InChI is InChI=1S/C16H12Cl2FN5O2S2/c17-9-1-3-11(13(18)7-9)16-24(5-6-27-16)28(25,26)10-2-4-14(19)12(8-10)15-20-22-23-21-15/h1-4,7-8,16H,5-6H2,(H,20,21,22,23). The number of benzene rings is 2. The van der Waals surface area contributed by atoms with Crippen molar-refractivity contribution in [3.63, 3.8) is 0 Å². The zero-order chi connectivity index (χ0) is 19.9. The number of sulfonamides is 1. The summed E-state index contributed by atoms with van der Waals surface area (Å²) in [7, 11) is -3.93. The summed E-state index contributed by atoms with van der Waals surface area (Å²) in [4.78, 5) is -0.0636. The van der Waals surface area contributed by atoms with Crippen LogP contribution in [0.4, 0.5) is 4.39 Å². The first-order chi connectivity index (χ1) is 13.4. The molecular formula is C16H12Cl2FN5O2S2. The lowest BCUT2D eigenvalue weighted by Crippen LogP contribution is -2.30. The third-order valence-corrected chi connectivity index (χ3v) is 8.01. The Bertz CT molecular complexity index is 1130. The molecule has 1 aliphatic rings. The van der Waals surface area contributed by atoms with Crippen LogP contribution in [0.25, 0.3) is 11.4 Å². The minimum atomic E-state index is -3.93. The van der Waals surface area contributed by atoms with E-state index in [2.05, 4.69) is 20.6 Å². The van der Waals surface area contributed by atoms with Gasteiger partial charge in [0.15, 0.2) is 0 Å². The Labute approximate surface area is 174 Å². The lowest BCUT2D eigenvalue weighted by Gasteiger charge is -2.24. The topological polar surface area (TPSA) is 91.8 Å². The highest BCUT2D eigenvalue weighted by Gasteiger charge is 2.38. The van der Waals surface area contributed by atoms with E-state index in [0.29, 0.717) is 27.9 Å². The second kappa shape index (κ2) is 7.60. The second-order valence-electron chi connectivity index (χ2n) is 5.88. The Morgan fingerprint density at radius 1 is 1.21 bits per heavy atom. The normalized spacial score (nSPS) is 17.9. The lowest BCUT2D eigenvalue weighted by atomic mass is 10.2. The molecule has 2 aromatic carbocycles. The smallest absolute Gasteiger partial charge is 0.207 e. The van der Waals surface area contributed by atoms with E-state index in [1.165, 1.54) is 28.2 Å². The van der Waals surface area contributed by atoms with E-state index in [9.17, 15) is 12.8 Å². The molecule has 1 aromatic heterocycles. The number of thioether (sulfide) groups is 1. The van der Waals surface area contributed by atoms with Gasteiger partial charge < -0.3 is 0 Å². The highest BCUT2D eigenvalue weighted by atomic mass is 35.5. The Kier molecular flexibility index (Phi) is 5.32. The van der Waals surface area contributed by atoms with Crippen molar-refractivity contribution in [1.29, 1.82) is 0 Å². The molecule has 146 valence electrons. The van der Waals surface area contributed by atoms with E-state index in [-0.39, 0.29) is 16.3 Å². The summed E-state index contributed by atoms with van der Waals surface area (Å²) < 4.78 is 42.1. The molecule has 0 radical (unpaired) electrons. The van der Waals surface area contributed by atoms with Gasteiger partial charge in [0.1, 0.15) is 5.82 Å². The third-order valence-electron chi connectivity index (χ3n) is 4.21. The molecule has 12 heteroatoms. The van der Waals surface area contributed by atoms with Crippen LogP contribution in [0.1, 0.15) is 10.9 Å². The first-order valence-corrected chi connectivity index (χ1v) is 11.2. The van der Waals surface area contributed by atoms with Crippen LogP contribution in [-0.4, -0.2) is 45.6 Å². The molecule has 0 spiro atoms. The van der Waals surface area contributed by atoms with Crippen molar-refractivity contribution < 1.29 is 12.8 Å². The van der Waals surface area contributed by atoms with E-state index in [1.807, 2.05) is 0 Å². The summed E-state index contributed by atoms with van der Waals surface area (Å²) in [5, 5.41) is 13.4. The largest absolute Gasteiger partial charge is 0.244 e. The molecule has 3 aromatic rings. The van der Waals surface area contributed by atoms with Gasteiger partial charge in [0, 0.05) is 22.3 Å². The monoisotopic (exact) mass is 459 g/mol. The molecule has 0 amide bonds. The molecule has 4 rings (SSSR count). The highest BCUT2D eigenvalue weighted by Crippen LogP contribution is 2.44. The van der Waals surface area contributed by atoms with Gasteiger partial charge in [-0.1, -0.05) is 29.3 Å². The fraction of sp³-hybridized carbons (Fsp3) is 0.188. The second-order valence-corrected chi connectivity index (χ2v) is 9.80.